The molecule has 0 aliphatic heterocycles. The molecular formula is C13H14N2O2S. The van der Waals surface area contributed by atoms with Crippen molar-refractivity contribution in [1.29, 1.82) is 0 Å². The molecule has 94 valence electrons. The number of aromatic nitrogens is 1. The van der Waals surface area contributed by atoms with Crippen LogP contribution in [0, 0.1) is 0 Å². The quantitative estimate of drug-likeness (QED) is 0.899. The highest BCUT2D eigenvalue weighted by atomic mass is 32.1. The van der Waals surface area contributed by atoms with Crippen LogP contribution in [0.3, 0.4) is 0 Å². The number of aromatic carboxylic acids is 1. The first-order chi connectivity index (χ1) is 8.66. The summed E-state index contributed by atoms with van der Waals surface area (Å²) in [5.74, 6) is -0.882. The molecule has 0 unspecified atom stereocenters. The monoisotopic (exact) mass is 262 g/mol. The highest BCUT2D eigenvalue weighted by Gasteiger charge is 2.11. The van der Waals surface area contributed by atoms with E-state index >= 15 is 0 Å². The Balaban J connectivity index is 2.07. The third kappa shape index (κ3) is 3.15. The molecule has 0 aliphatic carbocycles. The molecular weight excluding hydrogens is 248 g/mol. The molecule has 18 heavy (non-hydrogen) atoms. The fourth-order valence-corrected chi connectivity index (χ4v) is 2.36. The minimum atomic E-state index is -0.882. The van der Waals surface area contributed by atoms with Crippen LogP contribution < -0.4 is 0 Å². The van der Waals surface area contributed by atoms with Crippen LogP contribution in [-0.2, 0) is 13.1 Å². The van der Waals surface area contributed by atoms with Gasteiger partial charge >= 0.3 is 5.97 Å². The van der Waals surface area contributed by atoms with Gasteiger partial charge in [-0.2, -0.15) is 0 Å². The Labute approximate surface area is 110 Å². The molecule has 0 aliphatic rings. The maximum absolute atomic E-state index is 11.1. The Morgan fingerprint density at radius 3 is 2.83 bits per heavy atom. The van der Waals surface area contributed by atoms with Gasteiger partial charge in [-0.1, -0.05) is 18.2 Å². The molecule has 2 aromatic rings. The van der Waals surface area contributed by atoms with Crippen LogP contribution >= 0.6 is 11.3 Å². The largest absolute Gasteiger partial charge is 0.478 e. The predicted octanol–water partition coefficient (Wildman–Crippen LogP) is 2.47. The molecule has 1 aromatic carbocycles. The first-order valence-electron chi connectivity index (χ1n) is 5.53. The first-order valence-corrected chi connectivity index (χ1v) is 6.48. The summed E-state index contributed by atoms with van der Waals surface area (Å²) in [7, 11) is 1.96. The second-order valence-electron chi connectivity index (χ2n) is 4.11. The summed E-state index contributed by atoms with van der Waals surface area (Å²) >= 11 is 1.56. The van der Waals surface area contributed by atoms with E-state index in [1.54, 1.807) is 29.0 Å². The van der Waals surface area contributed by atoms with Crippen LogP contribution in [0.15, 0.2) is 35.2 Å². The van der Waals surface area contributed by atoms with E-state index < -0.39 is 5.97 Å². The smallest absolute Gasteiger partial charge is 0.336 e. The molecule has 0 bridgehead atoms. The summed E-state index contributed by atoms with van der Waals surface area (Å²) < 4.78 is 0. The number of benzene rings is 1. The van der Waals surface area contributed by atoms with Crippen molar-refractivity contribution in [2.24, 2.45) is 0 Å². The standard InChI is InChI=1S/C13H14N2O2S/c1-15(7-11-8-18-9-14-11)6-10-4-2-3-5-12(10)13(16)17/h2-5,8-9H,6-7H2,1H3,(H,16,17). The average Bonchev–Trinajstić information content (AvgIpc) is 2.82. The van der Waals surface area contributed by atoms with E-state index in [2.05, 4.69) is 9.88 Å². The second kappa shape index (κ2) is 5.75. The van der Waals surface area contributed by atoms with Crippen molar-refractivity contribution < 1.29 is 9.90 Å². The van der Waals surface area contributed by atoms with Crippen molar-refractivity contribution in [3.8, 4) is 0 Å². The second-order valence-corrected chi connectivity index (χ2v) is 4.83. The number of carbonyl (C=O) groups is 1. The molecule has 0 saturated carbocycles. The molecule has 0 radical (unpaired) electrons. The van der Waals surface area contributed by atoms with Gasteiger partial charge < -0.3 is 5.11 Å². The Bertz CT molecular complexity index is 526. The molecule has 2 rings (SSSR count). The third-order valence-corrected chi connectivity index (χ3v) is 3.24. The summed E-state index contributed by atoms with van der Waals surface area (Å²) in [6, 6.07) is 7.08. The lowest BCUT2D eigenvalue weighted by Crippen LogP contribution is -2.19. The third-order valence-electron chi connectivity index (χ3n) is 2.60. The van der Waals surface area contributed by atoms with Gasteiger partial charge in [0.05, 0.1) is 16.8 Å². The van der Waals surface area contributed by atoms with E-state index in [4.69, 9.17) is 5.11 Å². The Kier molecular flexibility index (Phi) is 4.07. The highest BCUT2D eigenvalue weighted by Crippen LogP contribution is 2.13. The number of carboxylic acids is 1. The molecule has 0 fully saturated rings. The highest BCUT2D eigenvalue weighted by molar-refractivity contribution is 7.07. The van der Waals surface area contributed by atoms with Crippen LogP contribution in [0.2, 0.25) is 0 Å². The maximum atomic E-state index is 11.1. The van der Waals surface area contributed by atoms with Crippen molar-refractivity contribution in [1.82, 2.24) is 9.88 Å². The van der Waals surface area contributed by atoms with Gasteiger partial charge in [-0.3, -0.25) is 4.90 Å². The minimum Gasteiger partial charge on any atom is -0.478 e. The zero-order valence-corrected chi connectivity index (χ0v) is 10.9. The average molecular weight is 262 g/mol. The SMILES string of the molecule is CN(Cc1cscn1)Cc1ccccc1C(=O)O. The summed E-state index contributed by atoms with van der Waals surface area (Å²) in [4.78, 5) is 17.4. The number of thiazole rings is 1. The van der Waals surface area contributed by atoms with Crippen molar-refractivity contribution in [2.75, 3.05) is 7.05 Å². The van der Waals surface area contributed by atoms with Gasteiger partial charge in [0.25, 0.3) is 0 Å². The predicted molar refractivity (Wildman–Crippen MR) is 70.7 cm³/mol. The van der Waals surface area contributed by atoms with Crippen LogP contribution in [0.1, 0.15) is 21.6 Å². The molecule has 0 amide bonds. The molecule has 4 nitrogen and oxygen atoms in total. The Hall–Kier alpha value is -1.72. The van der Waals surface area contributed by atoms with Crippen LogP contribution in [0.5, 0.6) is 0 Å². The summed E-state index contributed by atoms with van der Waals surface area (Å²) in [5.41, 5.74) is 4.00. The number of hydrogen-bond donors (Lipinski definition) is 1. The molecule has 5 heteroatoms. The zero-order chi connectivity index (χ0) is 13.0. The van der Waals surface area contributed by atoms with Crippen LogP contribution in [-0.4, -0.2) is 28.0 Å². The van der Waals surface area contributed by atoms with Crippen molar-refractivity contribution >= 4 is 17.3 Å². The fraction of sp³-hybridized carbons (Fsp3) is 0.231. The summed E-state index contributed by atoms with van der Waals surface area (Å²) in [6.45, 7) is 1.32. The number of nitrogens with zero attached hydrogens (tertiary/aromatic N) is 2. The fourth-order valence-electron chi connectivity index (χ4n) is 1.81. The lowest BCUT2D eigenvalue weighted by molar-refractivity contribution is 0.0694. The van der Waals surface area contributed by atoms with Gasteiger partial charge in [0.2, 0.25) is 0 Å². The molecule has 1 N–H and O–H groups in total. The van der Waals surface area contributed by atoms with Crippen molar-refractivity contribution in [3.05, 3.63) is 52.0 Å². The lowest BCUT2D eigenvalue weighted by atomic mass is 10.1. The molecule has 1 aromatic heterocycles. The molecule has 0 spiro atoms. The Morgan fingerprint density at radius 2 is 2.17 bits per heavy atom. The van der Waals surface area contributed by atoms with E-state index in [0.29, 0.717) is 12.1 Å². The molecule has 1 heterocycles. The summed E-state index contributed by atoms with van der Waals surface area (Å²) in [6.07, 6.45) is 0. The first kappa shape index (κ1) is 12.7. The van der Waals surface area contributed by atoms with Crippen molar-refractivity contribution in [2.45, 2.75) is 13.1 Å². The number of hydrogen-bond acceptors (Lipinski definition) is 4. The molecule has 0 atom stereocenters. The maximum Gasteiger partial charge on any atom is 0.336 e. The van der Waals surface area contributed by atoms with Gasteiger partial charge in [-0.05, 0) is 18.7 Å². The number of carboxylic acid groups (broad SMARTS) is 1. The molecule has 0 saturated heterocycles. The van der Waals surface area contributed by atoms with Gasteiger partial charge in [0, 0.05) is 18.5 Å². The van der Waals surface area contributed by atoms with Gasteiger partial charge in [-0.25, -0.2) is 9.78 Å². The van der Waals surface area contributed by atoms with Gasteiger partial charge in [0.1, 0.15) is 0 Å². The van der Waals surface area contributed by atoms with Crippen LogP contribution in [0.4, 0.5) is 0 Å². The lowest BCUT2D eigenvalue weighted by Gasteiger charge is -2.16. The Morgan fingerprint density at radius 1 is 1.39 bits per heavy atom. The summed E-state index contributed by atoms with van der Waals surface area (Å²) in [5, 5.41) is 11.1. The van der Waals surface area contributed by atoms with Gasteiger partial charge in [-0.15, -0.1) is 11.3 Å². The van der Waals surface area contributed by atoms with E-state index in [9.17, 15) is 4.79 Å². The van der Waals surface area contributed by atoms with Gasteiger partial charge in [0.15, 0.2) is 0 Å². The van der Waals surface area contributed by atoms with Crippen molar-refractivity contribution in [3.63, 3.8) is 0 Å². The topological polar surface area (TPSA) is 53.4 Å². The number of rotatable bonds is 5. The zero-order valence-electron chi connectivity index (χ0n) is 10.0. The van der Waals surface area contributed by atoms with E-state index in [1.807, 2.05) is 24.6 Å². The normalized spacial score (nSPS) is 10.8. The van der Waals surface area contributed by atoms with E-state index in [-0.39, 0.29) is 0 Å². The van der Waals surface area contributed by atoms with Crippen LogP contribution in [0.25, 0.3) is 0 Å². The van der Waals surface area contributed by atoms with E-state index in [0.717, 1.165) is 17.8 Å². The minimum absolute atomic E-state index is 0.364. The van der Waals surface area contributed by atoms with E-state index in [1.165, 1.54) is 0 Å².